The highest BCUT2D eigenvalue weighted by atomic mass is 16.5. The number of carbonyl (C=O) groups is 1. The number of fused-ring (bicyclic) bond motifs is 1. The fourth-order valence-corrected chi connectivity index (χ4v) is 2.06. The zero-order valence-corrected chi connectivity index (χ0v) is 10.8. The molecule has 0 atom stereocenters. The van der Waals surface area contributed by atoms with Crippen molar-refractivity contribution in [2.75, 3.05) is 7.11 Å². The van der Waals surface area contributed by atoms with E-state index in [0.717, 1.165) is 10.9 Å². The first-order chi connectivity index (χ1) is 9.01. The number of methoxy groups -OCH3 is 1. The second kappa shape index (κ2) is 5.14. The number of pyridine rings is 1. The molecule has 2 aromatic rings. The van der Waals surface area contributed by atoms with Crippen molar-refractivity contribution in [3.63, 3.8) is 0 Å². The van der Waals surface area contributed by atoms with Crippen LogP contribution in [0.3, 0.4) is 0 Å². The number of nitrogens with one attached hydrogen (secondary N) is 1. The Morgan fingerprint density at radius 2 is 2.11 bits per heavy atom. The number of H-pyrrole nitrogens is 1. The van der Waals surface area contributed by atoms with E-state index in [-0.39, 0.29) is 18.4 Å². The minimum Gasteiger partial charge on any atom is -0.495 e. The standard InChI is InChI=1S/C14H15NO4/c1-8-5-10-7-9(3-4-12(16)17)14(18)15-13(10)11(6-8)19-2/h5-7H,3-4H2,1-2H3,(H,15,18)(H,16,17). The molecule has 0 amide bonds. The molecule has 5 nitrogen and oxygen atoms in total. The van der Waals surface area contributed by atoms with Crippen molar-refractivity contribution in [3.8, 4) is 5.75 Å². The second-order valence-electron chi connectivity index (χ2n) is 4.45. The summed E-state index contributed by atoms with van der Waals surface area (Å²) in [5, 5.41) is 9.52. The Hall–Kier alpha value is -2.30. The zero-order valence-electron chi connectivity index (χ0n) is 10.8. The van der Waals surface area contributed by atoms with Gasteiger partial charge in [-0.25, -0.2) is 0 Å². The highest BCUT2D eigenvalue weighted by Crippen LogP contribution is 2.25. The fourth-order valence-electron chi connectivity index (χ4n) is 2.06. The maximum absolute atomic E-state index is 11.9. The van der Waals surface area contributed by atoms with E-state index in [1.165, 1.54) is 0 Å². The number of hydrogen-bond acceptors (Lipinski definition) is 3. The van der Waals surface area contributed by atoms with Gasteiger partial charge < -0.3 is 14.8 Å². The van der Waals surface area contributed by atoms with Gasteiger partial charge in [-0.05, 0) is 37.1 Å². The van der Waals surface area contributed by atoms with Crippen molar-refractivity contribution in [2.45, 2.75) is 19.8 Å². The summed E-state index contributed by atoms with van der Waals surface area (Å²) in [5.41, 5.74) is 1.86. The van der Waals surface area contributed by atoms with E-state index in [0.29, 0.717) is 16.8 Å². The molecule has 0 spiro atoms. The van der Waals surface area contributed by atoms with Crippen LogP contribution in [0, 0.1) is 6.92 Å². The van der Waals surface area contributed by atoms with Crippen LogP contribution in [0.15, 0.2) is 23.0 Å². The van der Waals surface area contributed by atoms with E-state index in [1.807, 2.05) is 19.1 Å². The summed E-state index contributed by atoms with van der Waals surface area (Å²) in [7, 11) is 1.55. The predicted octanol–water partition coefficient (Wildman–Crippen LogP) is 1.86. The van der Waals surface area contributed by atoms with E-state index in [4.69, 9.17) is 9.84 Å². The van der Waals surface area contributed by atoms with Gasteiger partial charge in [0.05, 0.1) is 12.6 Å². The quantitative estimate of drug-likeness (QED) is 0.880. The molecule has 0 unspecified atom stereocenters. The van der Waals surface area contributed by atoms with Crippen LogP contribution in [0.2, 0.25) is 0 Å². The van der Waals surface area contributed by atoms with E-state index in [9.17, 15) is 9.59 Å². The van der Waals surface area contributed by atoms with Gasteiger partial charge in [0.2, 0.25) is 0 Å². The third-order valence-electron chi connectivity index (χ3n) is 2.97. The van der Waals surface area contributed by atoms with Crippen LogP contribution in [0.25, 0.3) is 10.9 Å². The number of aromatic nitrogens is 1. The third kappa shape index (κ3) is 2.76. The number of aromatic amines is 1. The molecule has 0 aliphatic heterocycles. The fraction of sp³-hybridized carbons (Fsp3) is 0.286. The number of rotatable bonds is 4. The van der Waals surface area contributed by atoms with Gasteiger partial charge in [0.15, 0.2) is 0 Å². The van der Waals surface area contributed by atoms with Crippen molar-refractivity contribution in [3.05, 3.63) is 39.7 Å². The Bertz CT molecular complexity index is 688. The maximum Gasteiger partial charge on any atom is 0.303 e. The van der Waals surface area contributed by atoms with Crippen molar-refractivity contribution >= 4 is 16.9 Å². The monoisotopic (exact) mass is 261 g/mol. The van der Waals surface area contributed by atoms with Crippen LogP contribution in [-0.2, 0) is 11.2 Å². The van der Waals surface area contributed by atoms with Crippen LogP contribution in [0.4, 0.5) is 0 Å². The van der Waals surface area contributed by atoms with Gasteiger partial charge in [0.1, 0.15) is 5.75 Å². The normalized spacial score (nSPS) is 10.6. The van der Waals surface area contributed by atoms with Crippen LogP contribution in [0.1, 0.15) is 17.5 Å². The molecule has 0 saturated carbocycles. The molecule has 1 aromatic carbocycles. The second-order valence-corrected chi connectivity index (χ2v) is 4.45. The summed E-state index contributed by atoms with van der Waals surface area (Å²) < 4.78 is 5.24. The van der Waals surface area contributed by atoms with Gasteiger partial charge >= 0.3 is 5.97 Å². The molecule has 2 N–H and O–H groups in total. The number of hydrogen-bond donors (Lipinski definition) is 2. The topological polar surface area (TPSA) is 79.4 Å². The number of carboxylic acid groups (broad SMARTS) is 1. The molecule has 0 fully saturated rings. The van der Waals surface area contributed by atoms with Gasteiger partial charge in [-0.3, -0.25) is 9.59 Å². The summed E-state index contributed by atoms with van der Waals surface area (Å²) in [6.07, 6.45) is 0.161. The molecule has 1 heterocycles. The van der Waals surface area contributed by atoms with Crippen LogP contribution in [0.5, 0.6) is 5.75 Å². The summed E-state index contributed by atoms with van der Waals surface area (Å²) in [4.78, 5) is 25.2. The van der Waals surface area contributed by atoms with E-state index in [1.54, 1.807) is 13.2 Å². The molecule has 0 aliphatic carbocycles. The van der Waals surface area contributed by atoms with E-state index >= 15 is 0 Å². The highest BCUT2D eigenvalue weighted by molar-refractivity contribution is 5.85. The minimum absolute atomic E-state index is 0.0580. The molecule has 0 saturated heterocycles. The molecule has 0 radical (unpaired) electrons. The summed E-state index contributed by atoms with van der Waals surface area (Å²) >= 11 is 0. The third-order valence-corrected chi connectivity index (χ3v) is 2.97. The number of aliphatic carboxylic acids is 1. The van der Waals surface area contributed by atoms with E-state index < -0.39 is 5.97 Å². The van der Waals surface area contributed by atoms with Crippen LogP contribution >= 0.6 is 0 Å². The summed E-state index contributed by atoms with van der Waals surface area (Å²) in [6.45, 7) is 1.93. The van der Waals surface area contributed by atoms with Crippen molar-refractivity contribution in [1.29, 1.82) is 0 Å². The van der Waals surface area contributed by atoms with Gasteiger partial charge in [-0.1, -0.05) is 0 Å². The Morgan fingerprint density at radius 3 is 2.74 bits per heavy atom. The van der Waals surface area contributed by atoms with Gasteiger partial charge in [0, 0.05) is 17.4 Å². The summed E-state index contributed by atoms with van der Waals surface area (Å²) in [5.74, 6) is -0.307. The van der Waals surface area contributed by atoms with Crippen molar-refractivity contribution < 1.29 is 14.6 Å². The molecular weight excluding hydrogens is 246 g/mol. The van der Waals surface area contributed by atoms with Gasteiger partial charge in [-0.15, -0.1) is 0 Å². The van der Waals surface area contributed by atoms with Gasteiger partial charge in [-0.2, -0.15) is 0 Å². The maximum atomic E-state index is 11.9. The van der Waals surface area contributed by atoms with Crippen molar-refractivity contribution in [1.82, 2.24) is 4.98 Å². The molecule has 2 rings (SSSR count). The molecule has 19 heavy (non-hydrogen) atoms. The Morgan fingerprint density at radius 1 is 1.37 bits per heavy atom. The Kier molecular flexibility index (Phi) is 3.55. The lowest BCUT2D eigenvalue weighted by Gasteiger charge is -2.08. The number of aryl methyl sites for hydroxylation is 2. The average molecular weight is 261 g/mol. The summed E-state index contributed by atoms with van der Waals surface area (Å²) in [6, 6.07) is 5.50. The first-order valence-electron chi connectivity index (χ1n) is 5.93. The molecule has 100 valence electrons. The molecule has 1 aromatic heterocycles. The lowest BCUT2D eigenvalue weighted by atomic mass is 10.1. The highest BCUT2D eigenvalue weighted by Gasteiger charge is 2.09. The first kappa shape index (κ1) is 13.1. The lowest BCUT2D eigenvalue weighted by Crippen LogP contribution is -2.14. The van der Waals surface area contributed by atoms with Crippen molar-refractivity contribution in [2.24, 2.45) is 0 Å². The largest absolute Gasteiger partial charge is 0.495 e. The number of benzene rings is 1. The van der Waals surface area contributed by atoms with Gasteiger partial charge in [0.25, 0.3) is 5.56 Å². The lowest BCUT2D eigenvalue weighted by molar-refractivity contribution is -0.136. The number of ether oxygens (including phenoxy) is 1. The smallest absolute Gasteiger partial charge is 0.303 e. The zero-order chi connectivity index (χ0) is 14.0. The Balaban J connectivity index is 2.55. The molecule has 0 bridgehead atoms. The van der Waals surface area contributed by atoms with Crippen LogP contribution < -0.4 is 10.3 Å². The minimum atomic E-state index is -0.915. The Labute approximate surface area is 109 Å². The first-order valence-corrected chi connectivity index (χ1v) is 5.93. The average Bonchev–Trinajstić information content (AvgIpc) is 2.35. The predicted molar refractivity (Wildman–Crippen MR) is 71.8 cm³/mol. The van der Waals surface area contributed by atoms with E-state index in [2.05, 4.69) is 4.98 Å². The SMILES string of the molecule is COc1cc(C)cc2cc(CCC(=O)O)c(=O)[nH]c12. The molecule has 0 aliphatic rings. The molecular formula is C14H15NO4. The molecule has 5 heteroatoms. The van der Waals surface area contributed by atoms with Crippen LogP contribution in [-0.4, -0.2) is 23.2 Å². The number of carboxylic acids is 1.